The van der Waals surface area contributed by atoms with Gasteiger partial charge in [0.25, 0.3) is 0 Å². The van der Waals surface area contributed by atoms with Crippen molar-refractivity contribution in [1.29, 1.82) is 0 Å². The van der Waals surface area contributed by atoms with Crippen LogP contribution >= 0.6 is 0 Å². The van der Waals surface area contributed by atoms with Gasteiger partial charge in [0.05, 0.1) is 6.61 Å². The van der Waals surface area contributed by atoms with Gasteiger partial charge in [-0.2, -0.15) is 0 Å². The summed E-state index contributed by atoms with van der Waals surface area (Å²) in [5.74, 6) is 0.857. The maximum Gasteiger partial charge on any atom is 0.0681 e. The predicted molar refractivity (Wildman–Crippen MR) is 75.2 cm³/mol. The minimum atomic E-state index is 0.131. The van der Waals surface area contributed by atoms with Crippen molar-refractivity contribution in [2.24, 2.45) is 5.92 Å². The molecule has 1 aromatic rings. The number of hydrogen-bond acceptors (Lipinski definition) is 2. The minimum Gasteiger partial charge on any atom is -0.392 e. The summed E-state index contributed by atoms with van der Waals surface area (Å²) in [5, 5.41) is 12.6. The zero-order valence-electron chi connectivity index (χ0n) is 11.4. The van der Waals surface area contributed by atoms with Crippen molar-refractivity contribution in [1.82, 2.24) is 5.32 Å². The molecule has 0 unspecified atom stereocenters. The lowest BCUT2D eigenvalue weighted by atomic mass is 9.84. The lowest BCUT2D eigenvalue weighted by Gasteiger charge is -2.28. The first-order chi connectivity index (χ1) is 8.79. The van der Waals surface area contributed by atoms with Crippen molar-refractivity contribution in [2.75, 3.05) is 0 Å². The van der Waals surface area contributed by atoms with Gasteiger partial charge in [0.2, 0.25) is 0 Å². The van der Waals surface area contributed by atoms with Crippen LogP contribution in [0.5, 0.6) is 0 Å². The van der Waals surface area contributed by atoms with Crippen LogP contribution in [0.3, 0.4) is 0 Å². The molecular formula is C16H25NO. The van der Waals surface area contributed by atoms with Gasteiger partial charge in [-0.1, -0.05) is 43.5 Å². The van der Waals surface area contributed by atoms with Crippen LogP contribution in [-0.4, -0.2) is 11.1 Å². The van der Waals surface area contributed by atoms with Crippen LogP contribution in [-0.2, 0) is 13.2 Å². The van der Waals surface area contributed by atoms with E-state index in [2.05, 4.69) is 24.4 Å². The first kappa shape index (κ1) is 13.6. The Morgan fingerprint density at radius 2 is 1.72 bits per heavy atom. The molecule has 0 amide bonds. The minimum absolute atomic E-state index is 0.131. The second-order valence-electron chi connectivity index (χ2n) is 5.54. The smallest absolute Gasteiger partial charge is 0.0681 e. The Kier molecular flexibility index (Phi) is 5.21. The fraction of sp³-hybridized carbons (Fsp3) is 0.625. The Morgan fingerprint density at radius 1 is 1.11 bits per heavy atom. The van der Waals surface area contributed by atoms with E-state index in [-0.39, 0.29) is 6.61 Å². The highest BCUT2D eigenvalue weighted by molar-refractivity contribution is 5.21. The molecule has 1 aliphatic carbocycles. The van der Waals surface area contributed by atoms with E-state index in [1.807, 2.05) is 12.1 Å². The van der Waals surface area contributed by atoms with Gasteiger partial charge in [-0.15, -0.1) is 0 Å². The molecule has 1 fully saturated rings. The lowest BCUT2D eigenvalue weighted by Crippen LogP contribution is -2.34. The molecule has 2 N–H and O–H groups in total. The predicted octanol–water partition coefficient (Wildman–Crippen LogP) is 3.24. The SMILES string of the molecule is C[C@@H](NCc1ccc(CO)cc1)C1CCCCC1. The Balaban J connectivity index is 1.78. The molecule has 0 aliphatic heterocycles. The highest BCUT2D eigenvalue weighted by Crippen LogP contribution is 2.26. The maximum atomic E-state index is 9.00. The molecule has 100 valence electrons. The molecule has 2 rings (SSSR count). The number of benzene rings is 1. The maximum absolute atomic E-state index is 9.00. The second kappa shape index (κ2) is 6.91. The van der Waals surface area contributed by atoms with E-state index in [4.69, 9.17) is 5.11 Å². The van der Waals surface area contributed by atoms with E-state index in [0.29, 0.717) is 6.04 Å². The average molecular weight is 247 g/mol. The van der Waals surface area contributed by atoms with E-state index >= 15 is 0 Å². The molecule has 2 nitrogen and oxygen atoms in total. The monoisotopic (exact) mass is 247 g/mol. The summed E-state index contributed by atoms with van der Waals surface area (Å²) in [4.78, 5) is 0. The van der Waals surface area contributed by atoms with Gasteiger partial charge in [0.1, 0.15) is 0 Å². The third-order valence-corrected chi connectivity index (χ3v) is 4.19. The zero-order chi connectivity index (χ0) is 12.8. The molecule has 18 heavy (non-hydrogen) atoms. The van der Waals surface area contributed by atoms with Crippen LogP contribution in [0.2, 0.25) is 0 Å². The quantitative estimate of drug-likeness (QED) is 0.837. The van der Waals surface area contributed by atoms with Crippen molar-refractivity contribution >= 4 is 0 Å². The van der Waals surface area contributed by atoms with E-state index in [1.54, 1.807) is 0 Å². The van der Waals surface area contributed by atoms with Crippen LogP contribution in [0.4, 0.5) is 0 Å². The number of nitrogens with one attached hydrogen (secondary N) is 1. The third kappa shape index (κ3) is 3.82. The summed E-state index contributed by atoms with van der Waals surface area (Å²) < 4.78 is 0. The van der Waals surface area contributed by atoms with Crippen molar-refractivity contribution in [3.63, 3.8) is 0 Å². The van der Waals surface area contributed by atoms with Crippen LogP contribution in [0, 0.1) is 5.92 Å². The first-order valence-electron chi connectivity index (χ1n) is 7.21. The fourth-order valence-electron chi connectivity index (χ4n) is 2.84. The Morgan fingerprint density at radius 3 is 2.33 bits per heavy atom. The van der Waals surface area contributed by atoms with Crippen LogP contribution in [0.15, 0.2) is 24.3 Å². The molecule has 1 aliphatic rings. The second-order valence-corrected chi connectivity index (χ2v) is 5.54. The van der Waals surface area contributed by atoms with Gasteiger partial charge < -0.3 is 10.4 Å². The van der Waals surface area contributed by atoms with Gasteiger partial charge in [0, 0.05) is 12.6 Å². The molecule has 2 heteroatoms. The number of aliphatic hydroxyl groups is 1. The normalized spacial score (nSPS) is 18.8. The van der Waals surface area contributed by atoms with Gasteiger partial charge in [-0.3, -0.25) is 0 Å². The summed E-state index contributed by atoms with van der Waals surface area (Å²) in [6.45, 7) is 3.38. The zero-order valence-corrected chi connectivity index (χ0v) is 11.4. The third-order valence-electron chi connectivity index (χ3n) is 4.19. The molecule has 0 radical (unpaired) electrons. The Labute approximate surface area is 110 Å². The number of rotatable bonds is 5. The topological polar surface area (TPSA) is 32.3 Å². The molecule has 1 atom stereocenters. The number of aliphatic hydroxyl groups excluding tert-OH is 1. The lowest BCUT2D eigenvalue weighted by molar-refractivity contribution is 0.280. The molecule has 0 heterocycles. The molecule has 1 saturated carbocycles. The first-order valence-corrected chi connectivity index (χ1v) is 7.21. The van der Waals surface area contributed by atoms with E-state index in [1.165, 1.54) is 37.7 Å². The molecule has 0 saturated heterocycles. The van der Waals surface area contributed by atoms with Gasteiger partial charge in [-0.25, -0.2) is 0 Å². The van der Waals surface area contributed by atoms with Crippen molar-refractivity contribution in [2.45, 2.75) is 58.2 Å². The van der Waals surface area contributed by atoms with E-state index in [0.717, 1.165) is 18.0 Å². The summed E-state index contributed by atoms with van der Waals surface area (Å²) in [5.41, 5.74) is 2.29. The van der Waals surface area contributed by atoms with Gasteiger partial charge >= 0.3 is 0 Å². The van der Waals surface area contributed by atoms with Crippen molar-refractivity contribution in [3.05, 3.63) is 35.4 Å². The van der Waals surface area contributed by atoms with Gasteiger partial charge in [0.15, 0.2) is 0 Å². The standard InChI is InChI=1S/C16H25NO/c1-13(16-5-3-2-4-6-16)17-11-14-7-9-15(12-18)10-8-14/h7-10,13,16-18H,2-6,11-12H2,1H3/t13-/m1/s1. The van der Waals surface area contributed by atoms with Crippen molar-refractivity contribution < 1.29 is 5.11 Å². The number of hydrogen-bond donors (Lipinski definition) is 2. The van der Waals surface area contributed by atoms with Crippen LogP contribution < -0.4 is 5.32 Å². The Bertz CT molecular complexity index is 341. The molecule has 0 bridgehead atoms. The highest BCUT2D eigenvalue weighted by atomic mass is 16.3. The average Bonchev–Trinajstić information content (AvgIpc) is 2.46. The molecule has 0 aromatic heterocycles. The largest absolute Gasteiger partial charge is 0.392 e. The van der Waals surface area contributed by atoms with Crippen LogP contribution in [0.25, 0.3) is 0 Å². The summed E-state index contributed by atoms with van der Waals surface area (Å²) in [6, 6.07) is 8.82. The van der Waals surface area contributed by atoms with E-state index < -0.39 is 0 Å². The van der Waals surface area contributed by atoms with E-state index in [9.17, 15) is 0 Å². The summed E-state index contributed by atoms with van der Waals surface area (Å²) in [7, 11) is 0. The summed E-state index contributed by atoms with van der Waals surface area (Å²) in [6.07, 6.45) is 7.00. The Hall–Kier alpha value is -0.860. The molecular weight excluding hydrogens is 222 g/mol. The van der Waals surface area contributed by atoms with Gasteiger partial charge in [-0.05, 0) is 36.8 Å². The molecule has 1 aromatic carbocycles. The fourth-order valence-corrected chi connectivity index (χ4v) is 2.84. The van der Waals surface area contributed by atoms with Crippen molar-refractivity contribution in [3.8, 4) is 0 Å². The highest BCUT2D eigenvalue weighted by Gasteiger charge is 2.19. The summed E-state index contributed by atoms with van der Waals surface area (Å²) >= 11 is 0. The molecule has 0 spiro atoms. The van der Waals surface area contributed by atoms with Crippen LogP contribution in [0.1, 0.15) is 50.2 Å².